The molecule has 0 saturated heterocycles. The molecular formula is C13H24N4. The van der Waals surface area contributed by atoms with E-state index in [0.717, 1.165) is 24.7 Å². The van der Waals surface area contributed by atoms with E-state index < -0.39 is 0 Å². The molecule has 1 N–H and O–H groups in total. The second-order valence-corrected chi connectivity index (χ2v) is 5.11. The Kier molecular flexibility index (Phi) is 4.54. The summed E-state index contributed by atoms with van der Waals surface area (Å²) >= 11 is 0. The van der Waals surface area contributed by atoms with Crippen LogP contribution in [0.1, 0.15) is 44.9 Å². The van der Waals surface area contributed by atoms with Crippen molar-refractivity contribution in [3.8, 4) is 0 Å². The number of aryl methyl sites for hydroxylation is 1. The van der Waals surface area contributed by atoms with Crippen molar-refractivity contribution in [1.82, 2.24) is 20.1 Å². The van der Waals surface area contributed by atoms with Crippen LogP contribution in [0.2, 0.25) is 0 Å². The van der Waals surface area contributed by atoms with E-state index in [1.54, 1.807) is 6.33 Å². The monoisotopic (exact) mass is 236 g/mol. The van der Waals surface area contributed by atoms with E-state index >= 15 is 0 Å². The predicted molar refractivity (Wildman–Crippen MR) is 68.7 cm³/mol. The fourth-order valence-corrected chi connectivity index (χ4v) is 2.79. The van der Waals surface area contributed by atoms with Gasteiger partial charge in [0.05, 0.1) is 0 Å². The Morgan fingerprint density at radius 3 is 2.94 bits per heavy atom. The summed E-state index contributed by atoms with van der Waals surface area (Å²) in [5, 5.41) is 7.85. The highest BCUT2D eigenvalue weighted by molar-refractivity contribution is 4.92. The maximum absolute atomic E-state index is 4.35. The number of nitrogens with zero attached hydrogens (tertiary/aromatic N) is 3. The Labute approximate surface area is 104 Å². The molecule has 1 saturated carbocycles. The third-order valence-electron chi connectivity index (χ3n) is 3.82. The SMILES string of the molecule is CCCNC1CCCCC1Cc1ncnn1C. The molecule has 1 aliphatic carbocycles. The molecule has 1 heterocycles. The highest BCUT2D eigenvalue weighted by atomic mass is 15.3. The van der Waals surface area contributed by atoms with Gasteiger partial charge in [0.15, 0.2) is 0 Å². The van der Waals surface area contributed by atoms with Crippen LogP contribution in [0.3, 0.4) is 0 Å². The summed E-state index contributed by atoms with van der Waals surface area (Å²) in [6.07, 6.45) is 9.33. The highest BCUT2D eigenvalue weighted by Crippen LogP contribution is 2.26. The third kappa shape index (κ3) is 3.28. The molecule has 2 atom stereocenters. The predicted octanol–water partition coefficient (Wildman–Crippen LogP) is 1.92. The topological polar surface area (TPSA) is 42.7 Å². The van der Waals surface area contributed by atoms with Crippen molar-refractivity contribution < 1.29 is 0 Å². The first kappa shape index (κ1) is 12.6. The highest BCUT2D eigenvalue weighted by Gasteiger charge is 2.25. The van der Waals surface area contributed by atoms with Crippen molar-refractivity contribution >= 4 is 0 Å². The normalized spacial score (nSPS) is 25.1. The van der Waals surface area contributed by atoms with Crippen LogP contribution in [-0.4, -0.2) is 27.4 Å². The summed E-state index contributed by atoms with van der Waals surface area (Å²) in [7, 11) is 1.99. The molecule has 4 nitrogen and oxygen atoms in total. The molecule has 96 valence electrons. The van der Waals surface area contributed by atoms with Crippen LogP contribution in [0, 0.1) is 5.92 Å². The fourth-order valence-electron chi connectivity index (χ4n) is 2.79. The molecular weight excluding hydrogens is 212 g/mol. The largest absolute Gasteiger partial charge is 0.314 e. The maximum Gasteiger partial charge on any atom is 0.138 e. The number of hydrogen-bond donors (Lipinski definition) is 1. The second-order valence-electron chi connectivity index (χ2n) is 5.11. The average Bonchev–Trinajstić information content (AvgIpc) is 2.74. The van der Waals surface area contributed by atoms with Crippen LogP contribution in [0.5, 0.6) is 0 Å². The first-order valence-corrected chi connectivity index (χ1v) is 6.87. The van der Waals surface area contributed by atoms with Crippen LogP contribution in [0.15, 0.2) is 6.33 Å². The summed E-state index contributed by atoms with van der Waals surface area (Å²) in [5.74, 6) is 1.86. The Hall–Kier alpha value is -0.900. The minimum absolute atomic E-state index is 0.681. The number of hydrogen-bond acceptors (Lipinski definition) is 3. The lowest BCUT2D eigenvalue weighted by Gasteiger charge is -2.32. The van der Waals surface area contributed by atoms with E-state index in [-0.39, 0.29) is 0 Å². The van der Waals surface area contributed by atoms with Gasteiger partial charge < -0.3 is 5.32 Å². The second kappa shape index (κ2) is 6.15. The van der Waals surface area contributed by atoms with Crippen LogP contribution < -0.4 is 5.32 Å². The van der Waals surface area contributed by atoms with Gasteiger partial charge in [-0.05, 0) is 31.7 Å². The van der Waals surface area contributed by atoms with Crippen LogP contribution >= 0.6 is 0 Å². The number of nitrogens with one attached hydrogen (secondary N) is 1. The summed E-state index contributed by atoms with van der Waals surface area (Å²) in [6, 6.07) is 0.681. The molecule has 2 rings (SSSR count). The summed E-state index contributed by atoms with van der Waals surface area (Å²) in [5.41, 5.74) is 0. The summed E-state index contributed by atoms with van der Waals surface area (Å²) in [6.45, 7) is 3.37. The number of aromatic nitrogens is 3. The van der Waals surface area contributed by atoms with Gasteiger partial charge in [-0.15, -0.1) is 0 Å². The van der Waals surface area contributed by atoms with Crippen molar-refractivity contribution in [2.24, 2.45) is 13.0 Å². The Bertz CT molecular complexity index is 334. The lowest BCUT2D eigenvalue weighted by molar-refractivity contribution is 0.256. The standard InChI is InChI=1S/C13H24N4/c1-3-8-14-12-7-5-4-6-11(12)9-13-15-10-16-17(13)2/h10-12,14H,3-9H2,1-2H3. The van der Waals surface area contributed by atoms with Gasteiger partial charge >= 0.3 is 0 Å². The zero-order valence-corrected chi connectivity index (χ0v) is 11.0. The summed E-state index contributed by atoms with van der Waals surface area (Å²) in [4.78, 5) is 4.35. The summed E-state index contributed by atoms with van der Waals surface area (Å²) < 4.78 is 1.91. The van der Waals surface area contributed by atoms with Crippen LogP contribution in [-0.2, 0) is 13.5 Å². The Morgan fingerprint density at radius 1 is 1.41 bits per heavy atom. The van der Waals surface area contributed by atoms with Crippen LogP contribution in [0.4, 0.5) is 0 Å². The first-order chi connectivity index (χ1) is 8.31. The van der Waals surface area contributed by atoms with E-state index in [4.69, 9.17) is 0 Å². The Morgan fingerprint density at radius 2 is 2.24 bits per heavy atom. The van der Waals surface area contributed by atoms with E-state index in [2.05, 4.69) is 22.3 Å². The molecule has 0 radical (unpaired) electrons. The molecule has 1 aromatic rings. The number of rotatable bonds is 5. The smallest absolute Gasteiger partial charge is 0.138 e. The molecule has 1 fully saturated rings. The van der Waals surface area contributed by atoms with Crippen molar-refractivity contribution in [2.45, 2.75) is 51.5 Å². The molecule has 17 heavy (non-hydrogen) atoms. The van der Waals surface area contributed by atoms with Crippen LogP contribution in [0.25, 0.3) is 0 Å². The molecule has 0 aliphatic heterocycles. The molecule has 0 spiro atoms. The van der Waals surface area contributed by atoms with E-state index in [1.807, 2.05) is 11.7 Å². The molecule has 0 bridgehead atoms. The van der Waals surface area contributed by atoms with E-state index in [1.165, 1.54) is 32.1 Å². The van der Waals surface area contributed by atoms with Gasteiger partial charge in [0, 0.05) is 19.5 Å². The lowest BCUT2D eigenvalue weighted by atomic mass is 9.82. The van der Waals surface area contributed by atoms with Crippen molar-refractivity contribution in [3.05, 3.63) is 12.2 Å². The molecule has 0 aromatic carbocycles. The molecule has 1 aromatic heterocycles. The van der Waals surface area contributed by atoms with Gasteiger partial charge in [0.1, 0.15) is 12.2 Å². The van der Waals surface area contributed by atoms with Gasteiger partial charge in [0.2, 0.25) is 0 Å². The Balaban J connectivity index is 1.94. The van der Waals surface area contributed by atoms with Gasteiger partial charge in [-0.25, -0.2) is 4.98 Å². The quantitative estimate of drug-likeness (QED) is 0.849. The van der Waals surface area contributed by atoms with Crippen molar-refractivity contribution in [3.63, 3.8) is 0 Å². The fraction of sp³-hybridized carbons (Fsp3) is 0.846. The van der Waals surface area contributed by atoms with Crippen molar-refractivity contribution in [1.29, 1.82) is 0 Å². The first-order valence-electron chi connectivity index (χ1n) is 6.87. The molecule has 0 amide bonds. The lowest BCUT2D eigenvalue weighted by Crippen LogP contribution is -2.40. The van der Waals surface area contributed by atoms with Crippen molar-refractivity contribution in [2.75, 3.05) is 6.54 Å². The van der Waals surface area contributed by atoms with Gasteiger partial charge in [-0.1, -0.05) is 19.8 Å². The molecule has 1 aliphatic rings. The molecule has 4 heteroatoms. The average molecular weight is 236 g/mol. The van der Waals surface area contributed by atoms with Gasteiger partial charge in [-0.3, -0.25) is 4.68 Å². The van der Waals surface area contributed by atoms with Gasteiger partial charge in [0.25, 0.3) is 0 Å². The maximum atomic E-state index is 4.35. The van der Waals surface area contributed by atoms with E-state index in [9.17, 15) is 0 Å². The zero-order valence-electron chi connectivity index (χ0n) is 11.0. The third-order valence-corrected chi connectivity index (χ3v) is 3.82. The van der Waals surface area contributed by atoms with E-state index in [0.29, 0.717) is 6.04 Å². The molecule has 2 unspecified atom stereocenters. The zero-order chi connectivity index (χ0) is 12.1. The minimum atomic E-state index is 0.681. The minimum Gasteiger partial charge on any atom is -0.314 e. The van der Waals surface area contributed by atoms with Gasteiger partial charge in [-0.2, -0.15) is 5.10 Å².